The van der Waals surface area contributed by atoms with Crippen LogP contribution < -0.4 is 15.5 Å². The summed E-state index contributed by atoms with van der Waals surface area (Å²) in [7, 11) is 0. The molecule has 1 atom stereocenters. The molecular weight excluding hydrogens is 332 g/mol. The number of hydrogen-bond acceptors (Lipinski definition) is 5. The van der Waals surface area contributed by atoms with Crippen LogP contribution in [0.25, 0.3) is 0 Å². The Kier molecular flexibility index (Phi) is 5.88. The van der Waals surface area contributed by atoms with Gasteiger partial charge in [0.15, 0.2) is 0 Å². The minimum atomic E-state index is -0.641. The van der Waals surface area contributed by atoms with Crippen molar-refractivity contribution in [1.82, 2.24) is 15.6 Å². The normalized spacial score (nSPS) is 15.3. The Labute approximate surface area is 152 Å². The van der Waals surface area contributed by atoms with Crippen molar-refractivity contribution in [3.8, 4) is 0 Å². The van der Waals surface area contributed by atoms with Crippen LogP contribution in [0.2, 0.25) is 0 Å². The molecule has 2 aromatic rings. The van der Waals surface area contributed by atoms with Gasteiger partial charge >= 0.3 is 0 Å². The minimum absolute atomic E-state index is 0.248. The van der Waals surface area contributed by atoms with E-state index in [9.17, 15) is 9.59 Å². The zero-order valence-corrected chi connectivity index (χ0v) is 14.9. The molecule has 0 aliphatic carbocycles. The summed E-state index contributed by atoms with van der Waals surface area (Å²) in [5.41, 5.74) is 1.31. The lowest BCUT2D eigenvalue weighted by Crippen LogP contribution is -2.44. The Bertz CT molecular complexity index is 722. The van der Waals surface area contributed by atoms with E-state index in [-0.39, 0.29) is 11.8 Å². The molecule has 1 unspecified atom stereocenters. The lowest BCUT2D eigenvalue weighted by Gasteiger charge is -2.27. The number of nitrogens with zero attached hydrogens (tertiary/aromatic N) is 2. The van der Waals surface area contributed by atoms with E-state index in [4.69, 9.17) is 4.42 Å². The lowest BCUT2D eigenvalue weighted by molar-refractivity contribution is -0.122. The number of pyridine rings is 1. The van der Waals surface area contributed by atoms with E-state index in [1.165, 1.54) is 31.8 Å². The summed E-state index contributed by atoms with van der Waals surface area (Å²) in [6.07, 6.45) is 8.26. The van der Waals surface area contributed by atoms with Gasteiger partial charge in [0.25, 0.3) is 5.91 Å². The predicted octanol–water partition coefficient (Wildman–Crippen LogP) is 2.10. The highest BCUT2D eigenvalue weighted by molar-refractivity contribution is 5.97. The Morgan fingerprint density at radius 2 is 2.04 bits per heavy atom. The van der Waals surface area contributed by atoms with Gasteiger partial charge in [0.05, 0.1) is 11.8 Å². The van der Waals surface area contributed by atoms with E-state index >= 15 is 0 Å². The van der Waals surface area contributed by atoms with E-state index in [2.05, 4.69) is 20.5 Å². The highest BCUT2D eigenvalue weighted by Gasteiger charge is 2.17. The number of hydrogen-bond donors (Lipinski definition) is 2. The summed E-state index contributed by atoms with van der Waals surface area (Å²) < 4.78 is 4.86. The second-order valence-corrected chi connectivity index (χ2v) is 6.50. The molecule has 1 fully saturated rings. The Hall–Kier alpha value is -2.83. The van der Waals surface area contributed by atoms with Gasteiger partial charge in [-0.2, -0.15) is 0 Å². The van der Waals surface area contributed by atoms with Gasteiger partial charge in [0, 0.05) is 25.8 Å². The fourth-order valence-corrected chi connectivity index (χ4v) is 2.91. The number of rotatable bonds is 6. The van der Waals surface area contributed by atoms with Crippen LogP contribution in [0.5, 0.6) is 0 Å². The minimum Gasteiger partial charge on any atom is -0.472 e. The molecule has 1 aliphatic heterocycles. The molecule has 1 saturated heterocycles. The largest absolute Gasteiger partial charge is 0.472 e. The quantitative estimate of drug-likeness (QED) is 0.828. The average Bonchev–Trinajstić information content (AvgIpc) is 3.22. The number of furan rings is 1. The van der Waals surface area contributed by atoms with E-state index in [1.54, 1.807) is 19.2 Å². The first-order valence-electron chi connectivity index (χ1n) is 8.94. The number of carbonyl (C=O) groups is 2. The van der Waals surface area contributed by atoms with Gasteiger partial charge in [-0.05, 0) is 43.9 Å². The molecule has 2 amide bonds. The number of carbonyl (C=O) groups excluding carboxylic acids is 2. The number of aromatic nitrogens is 1. The number of anilines is 1. The number of piperidine rings is 1. The summed E-state index contributed by atoms with van der Waals surface area (Å²) in [4.78, 5) is 30.9. The molecule has 0 aromatic carbocycles. The van der Waals surface area contributed by atoms with Crippen molar-refractivity contribution in [1.29, 1.82) is 0 Å². The van der Waals surface area contributed by atoms with Gasteiger partial charge in [0.2, 0.25) is 5.91 Å². The highest BCUT2D eigenvalue weighted by Crippen LogP contribution is 2.17. The number of amides is 2. The predicted molar refractivity (Wildman–Crippen MR) is 97.8 cm³/mol. The zero-order valence-electron chi connectivity index (χ0n) is 14.9. The fourth-order valence-electron chi connectivity index (χ4n) is 2.91. The van der Waals surface area contributed by atoms with Crippen LogP contribution in [0, 0.1) is 0 Å². The van der Waals surface area contributed by atoms with Crippen LogP contribution in [0.15, 0.2) is 41.3 Å². The molecule has 3 rings (SSSR count). The molecule has 1 aliphatic rings. The topological polar surface area (TPSA) is 87.5 Å². The third-order valence-electron chi connectivity index (χ3n) is 4.48. The fraction of sp³-hybridized carbons (Fsp3) is 0.421. The standard InChI is InChI=1S/C19H24N4O3/c1-14(22-19(25)16-7-10-26-13-16)18(24)21-12-15-5-6-17(20-11-15)23-8-3-2-4-9-23/h5-7,10-11,13-14H,2-4,8-9,12H2,1H3,(H,21,24)(H,22,25). The van der Waals surface area contributed by atoms with Gasteiger partial charge in [-0.25, -0.2) is 4.98 Å². The second kappa shape index (κ2) is 8.51. The summed E-state index contributed by atoms with van der Waals surface area (Å²) in [5, 5.41) is 5.45. The van der Waals surface area contributed by atoms with Crippen LogP contribution in [-0.2, 0) is 11.3 Å². The van der Waals surface area contributed by atoms with Gasteiger partial charge in [-0.1, -0.05) is 6.07 Å². The van der Waals surface area contributed by atoms with Gasteiger partial charge in [-0.3, -0.25) is 9.59 Å². The van der Waals surface area contributed by atoms with Crippen molar-refractivity contribution in [2.24, 2.45) is 0 Å². The SMILES string of the molecule is CC(NC(=O)c1ccoc1)C(=O)NCc1ccc(N2CCCCC2)nc1. The first-order chi connectivity index (χ1) is 12.6. The van der Waals surface area contributed by atoms with Crippen molar-refractivity contribution in [3.63, 3.8) is 0 Å². The zero-order chi connectivity index (χ0) is 18.4. The molecule has 7 heteroatoms. The van der Waals surface area contributed by atoms with Gasteiger partial charge in [0.1, 0.15) is 18.1 Å². The molecule has 0 bridgehead atoms. The van der Waals surface area contributed by atoms with E-state index < -0.39 is 6.04 Å². The number of nitrogens with one attached hydrogen (secondary N) is 2. The first kappa shape index (κ1) is 18.0. The third-order valence-corrected chi connectivity index (χ3v) is 4.48. The lowest BCUT2D eigenvalue weighted by atomic mass is 10.1. The highest BCUT2D eigenvalue weighted by atomic mass is 16.3. The Morgan fingerprint density at radius 1 is 1.23 bits per heavy atom. The maximum Gasteiger partial charge on any atom is 0.255 e. The van der Waals surface area contributed by atoms with Gasteiger partial charge < -0.3 is 20.0 Å². The van der Waals surface area contributed by atoms with Crippen LogP contribution >= 0.6 is 0 Å². The molecule has 2 aromatic heterocycles. The van der Waals surface area contributed by atoms with E-state index in [1.807, 2.05) is 12.1 Å². The molecule has 7 nitrogen and oxygen atoms in total. The molecule has 0 spiro atoms. The molecule has 26 heavy (non-hydrogen) atoms. The van der Waals surface area contributed by atoms with Crippen molar-refractivity contribution in [3.05, 3.63) is 48.0 Å². The average molecular weight is 356 g/mol. The van der Waals surface area contributed by atoms with Crippen molar-refractivity contribution < 1.29 is 14.0 Å². The second-order valence-electron chi connectivity index (χ2n) is 6.50. The van der Waals surface area contributed by atoms with Crippen LogP contribution in [0.4, 0.5) is 5.82 Å². The molecule has 3 heterocycles. The van der Waals surface area contributed by atoms with Crippen LogP contribution in [0.1, 0.15) is 42.1 Å². The Balaban J connectivity index is 1.47. The summed E-state index contributed by atoms with van der Waals surface area (Å²) in [6, 6.07) is 4.89. The van der Waals surface area contributed by atoms with Crippen LogP contribution in [-0.4, -0.2) is 35.9 Å². The summed E-state index contributed by atoms with van der Waals surface area (Å²) in [5.74, 6) is 0.399. The molecule has 0 saturated carbocycles. The molecular formula is C19H24N4O3. The van der Waals surface area contributed by atoms with Crippen molar-refractivity contribution in [2.45, 2.75) is 38.8 Å². The van der Waals surface area contributed by atoms with Crippen molar-refractivity contribution >= 4 is 17.6 Å². The first-order valence-corrected chi connectivity index (χ1v) is 8.94. The van der Waals surface area contributed by atoms with Crippen LogP contribution in [0.3, 0.4) is 0 Å². The maximum atomic E-state index is 12.2. The van der Waals surface area contributed by atoms with Crippen molar-refractivity contribution in [2.75, 3.05) is 18.0 Å². The molecule has 0 radical (unpaired) electrons. The Morgan fingerprint density at radius 3 is 2.69 bits per heavy atom. The monoisotopic (exact) mass is 356 g/mol. The maximum absolute atomic E-state index is 12.2. The summed E-state index contributed by atoms with van der Waals surface area (Å²) >= 11 is 0. The molecule has 2 N–H and O–H groups in total. The smallest absolute Gasteiger partial charge is 0.255 e. The third kappa shape index (κ3) is 4.62. The van der Waals surface area contributed by atoms with Gasteiger partial charge in [-0.15, -0.1) is 0 Å². The van der Waals surface area contributed by atoms with E-state index in [0.717, 1.165) is 24.5 Å². The molecule has 138 valence electrons. The summed E-state index contributed by atoms with van der Waals surface area (Å²) in [6.45, 7) is 4.12. The van der Waals surface area contributed by atoms with E-state index in [0.29, 0.717) is 12.1 Å².